The van der Waals surface area contributed by atoms with Crippen LogP contribution in [0.1, 0.15) is 26.7 Å². The van der Waals surface area contributed by atoms with Crippen LogP contribution in [0.4, 0.5) is 0 Å². The van der Waals surface area contributed by atoms with Crippen molar-refractivity contribution in [2.75, 3.05) is 0 Å². The molecule has 0 aliphatic carbocycles. The predicted molar refractivity (Wildman–Crippen MR) is 64.6 cm³/mol. The van der Waals surface area contributed by atoms with E-state index in [1.807, 2.05) is 20.8 Å². The molecule has 0 saturated heterocycles. The van der Waals surface area contributed by atoms with Gasteiger partial charge in [0.05, 0.1) is 22.9 Å². The van der Waals surface area contributed by atoms with E-state index in [1.165, 1.54) is 11.3 Å². The summed E-state index contributed by atoms with van der Waals surface area (Å²) in [5, 5.41) is 13.8. The first-order valence-electron chi connectivity index (χ1n) is 5.36. The Morgan fingerprint density at radius 2 is 2.24 bits per heavy atom. The zero-order valence-electron chi connectivity index (χ0n) is 10.0. The Balaban J connectivity index is 2.09. The third-order valence-electron chi connectivity index (χ3n) is 2.49. The smallest absolute Gasteiger partial charge is 0.229 e. The second-order valence-corrected chi connectivity index (χ2v) is 5.85. The first kappa shape index (κ1) is 12.2. The average Bonchev–Trinajstić information content (AvgIpc) is 2.83. The van der Waals surface area contributed by atoms with Crippen LogP contribution < -0.4 is 0 Å². The molecular weight excluding hydrogens is 238 g/mol. The molecule has 0 aromatic carbocycles. The van der Waals surface area contributed by atoms with Crippen molar-refractivity contribution in [1.82, 2.24) is 15.1 Å². The molecule has 1 atom stereocenters. The number of hydrogen-bond donors (Lipinski definition) is 1. The lowest BCUT2D eigenvalue weighted by Crippen LogP contribution is -2.28. The molecule has 1 N–H and O–H groups in total. The Morgan fingerprint density at radius 1 is 1.47 bits per heavy atom. The van der Waals surface area contributed by atoms with Gasteiger partial charge >= 0.3 is 0 Å². The number of rotatable bonds is 3. The summed E-state index contributed by atoms with van der Waals surface area (Å²) in [5.41, 5.74) is 1.52. The fourth-order valence-electron chi connectivity index (χ4n) is 1.24. The highest BCUT2D eigenvalue weighted by Gasteiger charge is 2.24. The van der Waals surface area contributed by atoms with Crippen molar-refractivity contribution >= 4 is 11.3 Å². The molecule has 2 aromatic rings. The van der Waals surface area contributed by atoms with Crippen molar-refractivity contribution in [3.63, 3.8) is 0 Å². The molecule has 0 saturated carbocycles. The molecule has 2 aromatic heterocycles. The van der Waals surface area contributed by atoms with Crippen molar-refractivity contribution in [2.24, 2.45) is 5.41 Å². The van der Waals surface area contributed by atoms with E-state index < -0.39 is 6.10 Å². The molecule has 2 heterocycles. The summed E-state index contributed by atoms with van der Waals surface area (Å²) in [7, 11) is 0. The van der Waals surface area contributed by atoms with Crippen LogP contribution in [0.3, 0.4) is 0 Å². The highest BCUT2D eigenvalue weighted by molar-refractivity contribution is 7.13. The van der Waals surface area contributed by atoms with Gasteiger partial charge in [-0.2, -0.15) is 4.98 Å². The Morgan fingerprint density at radius 3 is 2.82 bits per heavy atom. The predicted octanol–water partition coefficient (Wildman–Crippen LogP) is 2.14. The van der Waals surface area contributed by atoms with Crippen molar-refractivity contribution in [3.05, 3.63) is 17.6 Å². The lowest BCUT2D eigenvalue weighted by molar-refractivity contribution is 0.0565. The fraction of sp³-hybridized carbons (Fsp3) is 0.545. The molecule has 92 valence electrons. The summed E-state index contributed by atoms with van der Waals surface area (Å²) in [6, 6.07) is 0. The molecule has 0 aliphatic rings. The zero-order chi connectivity index (χ0) is 12.5. The van der Waals surface area contributed by atoms with Crippen molar-refractivity contribution < 1.29 is 9.63 Å². The molecule has 5 nitrogen and oxygen atoms in total. The van der Waals surface area contributed by atoms with Gasteiger partial charge in [0.25, 0.3) is 0 Å². The summed E-state index contributed by atoms with van der Waals surface area (Å²) in [4.78, 5) is 9.06. The minimum Gasteiger partial charge on any atom is -0.392 e. The van der Waals surface area contributed by atoms with E-state index in [0.29, 0.717) is 18.1 Å². The van der Waals surface area contributed by atoms with Gasteiger partial charge in [0.1, 0.15) is 0 Å². The Hall–Kier alpha value is -1.27. The van der Waals surface area contributed by atoms with Gasteiger partial charge in [-0.1, -0.05) is 25.9 Å². The lowest BCUT2D eigenvalue weighted by Gasteiger charge is -2.24. The average molecular weight is 253 g/mol. The normalized spacial score (nSPS) is 13.9. The van der Waals surface area contributed by atoms with E-state index in [0.717, 1.165) is 4.88 Å². The highest BCUT2D eigenvalue weighted by Crippen LogP contribution is 2.24. The van der Waals surface area contributed by atoms with E-state index in [9.17, 15) is 5.11 Å². The van der Waals surface area contributed by atoms with E-state index in [-0.39, 0.29) is 5.41 Å². The summed E-state index contributed by atoms with van der Waals surface area (Å²) in [6.07, 6.45) is 1.56. The molecule has 17 heavy (non-hydrogen) atoms. The molecule has 6 heteroatoms. The standard InChI is InChI=1S/C11H15N3O2S/c1-11(2,3)8(15)4-9-13-10(14-16-9)7-5-12-6-17-7/h5-6,8,15H,4H2,1-3H3. The molecule has 2 rings (SSSR count). The fourth-order valence-corrected chi connectivity index (χ4v) is 1.78. The first-order chi connectivity index (χ1) is 7.97. The van der Waals surface area contributed by atoms with Crippen LogP contribution >= 0.6 is 11.3 Å². The van der Waals surface area contributed by atoms with Gasteiger partial charge in [0.15, 0.2) is 0 Å². The molecule has 0 radical (unpaired) electrons. The van der Waals surface area contributed by atoms with Gasteiger partial charge in [0, 0.05) is 6.20 Å². The molecule has 0 bridgehead atoms. The lowest BCUT2D eigenvalue weighted by atomic mass is 9.87. The minimum absolute atomic E-state index is 0.195. The summed E-state index contributed by atoms with van der Waals surface area (Å²) >= 11 is 1.46. The van der Waals surface area contributed by atoms with Crippen molar-refractivity contribution in [3.8, 4) is 10.7 Å². The highest BCUT2D eigenvalue weighted by atomic mass is 32.1. The van der Waals surface area contributed by atoms with Gasteiger partial charge < -0.3 is 9.63 Å². The van der Waals surface area contributed by atoms with Crippen LogP contribution in [0.5, 0.6) is 0 Å². The SMILES string of the molecule is CC(C)(C)C(O)Cc1nc(-c2cncs2)no1. The number of nitrogens with zero attached hydrogens (tertiary/aromatic N) is 3. The minimum atomic E-state index is -0.503. The van der Waals surface area contributed by atoms with E-state index in [1.54, 1.807) is 11.7 Å². The van der Waals surface area contributed by atoms with E-state index in [4.69, 9.17) is 4.52 Å². The third-order valence-corrected chi connectivity index (χ3v) is 3.26. The second-order valence-electron chi connectivity index (χ2n) is 4.96. The van der Waals surface area contributed by atoms with Crippen molar-refractivity contribution in [1.29, 1.82) is 0 Å². The number of hydrogen-bond acceptors (Lipinski definition) is 6. The van der Waals surface area contributed by atoms with Crippen LogP contribution in [0.15, 0.2) is 16.2 Å². The number of aliphatic hydroxyl groups excluding tert-OH is 1. The summed E-state index contributed by atoms with van der Waals surface area (Å²) < 4.78 is 5.11. The van der Waals surface area contributed by atoms with E-state index >= 15 is 0 Å². The van der Waals surface area contributed by atoms with Crippen LogP contribution in [0, 0.1) is 5.41 Å². The third kappa shape index (κ3) is 2.89. The van der Waals surface area contributed by atoms with Gasteiger partial charge in [-0.25, -0.2) is 0 Å². The second kappa shape index (κ2) is 4.54. The maximum atomic E-state index is 9.94. The summed E-state index contributed by atoms with van der Waals surface area (Å²) in [5.74, 6) is 0.986. The van der Waals surface area contributed by atoms with Crippen LogP contribution in [0.2, 0.25) is 0 Å². The molecule has 1 unspecified atom stereocenters. The quantitative estimate of drug-likeness (QED) is 0.907. The monoisotopic (exact) mass is 253 g/mol. The first-order valence-corrected chi connectivity index (χ1v) is 6.24. The zero-order valence-corrected chi connectivity index (χ0v) is 10.9. The maximum Gasteiger partial charge on any atom is 0.229 e. The van der Waals surface area contributed by atoms with Crippen LogP contribution in [-0.4, -0.2) is 26.3 Å². The largest absolute Gasteiger partial charge is 0.392 e. The molecule has 0 aliphatic heterocycles. The Bertz CT molecular complexity index is 473. The van der Waals surface area contributed by atoms with Crippen LogP contribution in [-0.2, 0) is 6.42 Å². The van der Waals surface area contributed by atoms with E-state index in [2.05, 4.69) is 15.1 Å². The molecule has 0 amide bonds. The van der Waals surface area contributed by atoms with Gasteiger partial charge in [-0.05, 0) is 5.41 Å². The van der Waals surface area contributed by atoms with Crippen molar-refractivity contribution in [2.45, 2.75) is 33.3 Å². The molecular formula is C11H15N3O2S. The molecule has 0 fully saturated rings. The van der Waals surface area contributed by atoms with Gasteiger partial charge in [0.2, 0.25) is 11.7 Å². The van der Waals surface area contributed by atoms with Crippen LogP contribution in [0.25, 0.3) is 10.7 Å². The topological polar surface area (TPSA) is 72.0 Å². The van der Waals surface area contributed by atoms with Gasteiger partial charge in [-0.3, -0.25) is 4.98 Å². The Labute approximate surface area is 104 Å². The Kier molecular flexibility index (Phi) is 3.26. The number of thiazole rings is 1. The molecule has 0 spiro atoms. The number of aliphatic hydroxyl groups is 1. The summed E-state index contributed by atoms with van der Waals surface area (Å²) in [6.45, 7) is 5.91. The maximum absolute atomic E-state index is 9.94. The number of aromatic nitrogens is 3. The van der Waals surface area contributed by atoms with Gasteiger partial charge in [-0.15, -0.1) is 11.3 Å².